The van der Waals surface area contributed by atoms with Crippen LogP contribution in [0.5, 0.6) is 0 Å². The van der Waals surface area contributed by atoms with E-state index in [9.17, 15) is 4.79 Å². The van der Waals surface area contributed by atoms with Crippen molar-refractivity contribution in [2.24, 2.45) is 0 Å². The van der Waals surface area contributed by atoms with Gasteiger partial charge in [0.15, 0.2) is 4.83 Å². The zero-order valence-electron chi connectivity index (χ0n) is 7.60. The summed E-state index contributed by atoms with van der Waals surface area (Å²) in [7, 11) is 0. The van der Waals surface area contributed by atoms with Crippen LogP contribution in [-0.2, 0) is 9.53 Å². The van der Waals surface area contributed by atoms with E-state index in [0.29, 0.717) is 0 Å². The predicted octanol–water partition coefficient (Wildman–Crippen LogP) is 2.65. The van der Waals surface area contributed by atoms with Gasteiger partial charge in [0, 0.05) is 0 Å². The van der Waals surface area contributed by atoms with Crippen LogP contribution < -0.4 is 0 Å². The first-order valence-electron chi connectivity index (χ1n) is 4.47. The van der Waals surface area contributed by atoms with Gasteiger partial charge in [0.2, 0.25) is 0 Å². The highest BCUT2D eigenvalue weighted by molar-refractivity contribution is 9.10. The Kier molecular flexibility index (Phi) is 3.16. The number of halogens is 1. The highest BCUT2D eigenvalue weighted by Crippen LogP contribution is 2.37. The molecule has 3 heteroatoms. The van der Waals surface area contributed by atoms with Crippen molar-refractivity contribution >= 4 is 21.9 Å². The topological polar surface area (TPSA) is 26.3 Å². The maximum Gasteiger partial charge on any atom is 0.324 e. The van der Waals surface area contributed by atoms with Gasteiger partial charge in [0.25, 0.3) is 0 Å². The van der Waals surface area contributed by atoms with Gasteiger partial charge >= 0.3 is 5.97 Å². The second kappa shape index (κ2) is 3.77. The van der Waals surface area contributed by atoms with E-state index in [0.717, 1.165) is 12.8 Å². The first-order valence-corrected chi connectivity index (χ1v) is 5.38. The maximum absolute atomic E-state index is 10.8. The van der Waals surface area contributed by atoms with Gasteiger partial charge in [-0.1, -0.05) is 35.7 Å². The molecule has 0 spiro atoms. The number of cyclic esters (lactones) is 1. The molecule has 0 radical (unpaired) electrons. The molecular weight excluding hydrogens is 220 g/mol. The number of carbonyl (C=O) groups is 1. The zero-order chi connectivity index (χ0) is 9.19. The smallest absolute Gasteiger partial charge is 0.324 e. The SMILES string of the molecule is CCCCC[C@@]1(C)OC(=O)[C@@H]1Br. The molecule has 0 aromatic rings. The number of esters is 1. The van der Waals surface area contributed by atoms with E-state index in [1.54, 1.807) is 0 Å². The van der Waals surface area contributed by atoms with Crippen LogP contribution in [0.3, 0.4) is 0 Å². The van der Waals surface area contributed by atoms with Crippen molar-refractivity contribution in [3.8, 4) is 0 Å². The van der Waals surface area contributed by atoms with Crippen molar-refractivity contribution in [3.05, 3.63) is 0 Å². The molecule has 0 amide bonds. The Bertz CT molecular complexity index is 181. The molecule has 12 heavy (non-hydrogen) atoms. The lowest BCUT2D eigenvalue weighted by atomic mass is 9.90. The molecule has 70 valence electrons. The number of carbonyl (C=O) groups excluding carboxylic acids is 1. The van der Waals surface area contributed by atoms with E-state index in [4.69, 9.17) is 4.74 Å². The van der Waals surface area contributed by atoms with Crippen LogP contribution in [0.1, 0.15) is 39.5 Å². The molecule has 1 fully saturated rings. The second-order valence-corrected chi connectivity index (χ2v) is 4.47. The molecule has 0 aliphatic carbocycles. The molecule has 0 saturated carbocycles. The Morgan fingerprint density at radius 2 is 2.25 bits per heavy atom. The van der Waals surface area contributed by atoms with Gasteiger partial charge in [0.1, 0.15) is 5.60 Å². The summed E-state index contributed by atoms with van der Waals surface area (Å²) >= 11 is 3.33. The van der Waals surface area contributed by atoms with Crippen molar-refractivity contribution in [2.45, 2.75) is 50.0 Å². The minimum atomic E-state index is -0.230. The number of ether oxygens (including phenoxy) is 1. The fourth-order valence-electron chi connectivity index (χ4n) is 1.43. The minimum absolute atomic E-state index is 0.0816. The van der Waals surface area contributed by atoms with E-state index < -0.39 is 0 Å². The van der Waals surface area contributed by atoms with Crippen LogP contribution in [0.2, 0.25) is 0 Å². The molecular formula is C9H15BrO2. The molecule has 0 unspecified atom stereocenters. The third kappa shape index (κ3) is 1.82. The van der Waals surface area contributed by atoms with Crippen molar-refractivity contribution in [1.29, 1.82) is 0 Å². The largest absolute Gasteiger partial charge is 0.457 e. The summed E-state index contributed by atoms with van der Waals surface area (Å²) in [4.78, 5) is 10.7. The molecule has 1 aliphatic rings. The van der Waals surface area contributed by atoms with Gasteiger partial charge in [0.05, 0.1) is 0 Å². The fraction of sp³-hybridized carbons (Fsp3) is 0.889. The average Bonchev–Trinajstić information content (AvgIpc) is 2.05. The van der Waals surface area contributed by atoms with Crippen LogP contribution in [0.25, 0.3) is 0 Å². The highest BCUT2D eigenvalue weighted by atomic mass is 79.9. The molecule has 2 nitrogen and oxygen atoms in total. The van der Waals surface area contributed by atoms with Crippen LogP contribution in [0, 0.1) is 0 Å². The van der Waals surface area contributed by atoms with E-state index in [1.165, 1.54) is 12.8 Å². The van der Waals surface area contributed by atoms with Crippen molar-refractivity contribution in [1.82, 2.24) is 0 Å². The predicted molar refractivity (Wildman–Crippen MR) is 51.4 cm³/mol. The monoisotopic (exact) mass is 234 g/mol. The molecule has 1 heterocycles. The molecule has 0 aromatic carbocycles. The molecule has 2 atom stereocenters. The van der Waals surface area contributed by atoms with E-state index in [2.05, 4.69) is 22.9 Å². The van der Waals surface area contributed by atoms with Crippen molar-refractivity contribution in [3.63, 3.8) is 0 Å². The zero-order valence-corrected chi connectivity index (χ0v) is 9.19. The first kappa shape index (κ1) is 10.0. The van der Waals surface area contributed by atoms with E-state index >= 15 is 0 Å². The quantitative estimate of drug-likeness (QED) is 0.425. The Morgan fingerprint density at radius 3 is 2.67 bits per heavy atom. The maximum atomic E-state index is 10.8. The van der Waals surface area contributed by atoms with Crippen LogP contribution in [-0.4, -0.2) is 16.4 Å². The van der Waals surface area contributed by atoms with Crippen LogP contribution >= 0.6 is 15.9 Å². The summed E-state index contributed by atoms with van der Waals surface area (Å²) in [6, 6.07) is 0. The molecule has 1 saturated heterocycles. The summed E-state index contributed by atoms with van der Waals surface area (Å²) < 4.78 is 5.10. The van der Waals surface area contributed by atoms with Crippen LogP contribution in [0.4, 0.5) is 0 Å². The molecule has 0 N–H and O–H groups in total. The number of hydrogen-bond acceptors (Lipinski definition) is 2. The lowest BCUT2D eigenvalue weighted by Crippen LogP contribution is -2.56. The standard InChI is InChI=1S/C9H15BrO2/c1-3-4-5-6-9(2)7(10)8(11)12-9/h7H,3-6H2,1-2H3/t7-,9+/m0/s1. The van der Waals surface area contributed by atoms with E-state index in [-0.39, 0.29) is 16.4 Å². The Morgan fingerprint density at radius 1 is 1.58 bits per heavy atom. The van der Waals surface area contributed by atoms with Gasteiger partial charge in [-0.05, 0) is 19.8 Å². The Balaban J connectivity index is 2.27. The summed E-state index contributed by atoms with van der Waals surface area (Å²) in [5.74, 6) is -0.117. The van der Waals surface area contributed by atoms with Crippen molar-refractivity contribution in [2.75, 3.05) is 0 Å². The normalized spacial score (nSPS) is 34.2. The Hall–Kier alpha value is -0.0500. The lowest BCUT2D eigenvalue weighted by molar-refractivity contribution is -0.185. The third-order valence-electron chi connectivity index (χ3n) is 2.35. The van der Waals surface area contributed by atoms with Gasteiger partial charge in [-0.15, -0.1) is 0 Å². The number of unbranched alkanes of at least 4 members (excludes halogenated alkanes) is 2. The fourth-order valence-corrected chi connectivity index (χ4v) is 1.84. The van der Waals surface area contributed by atoms with Gasteiger partial charge in [-0.2, -0.15) is 0 Å². The molecule has 0 aromatic heterocycles. The number of alkyl halides is 1. The third-order valence-corrected chi connectivity index (χ3v) is 3.70. The summed E-state index contributed by atoms with van der Waals surface area (Å²) in [5.41, 5.74) is -0.230. The second-order valence-electron chi connectivity index (χ2n) is 3.55. The molecule has 0 bridgehead atoms. The number of rotatable bonds is 4. The average molecular weight is 235 g/mol. The van der Waals surface area contributed by atoms with Gasteiger partial charge in [-0.25, -0.2) is 0 Å². The molecule has 1 aliphatic heterocycles. The number of hydrogen-bond donors (Lipinski definition) is 0. The summed E-state index contributed by atoms with van der Waals surface area (Å²) in [6.45, 7) is 4.16. The highest BCUT2D eigenvalue weighted by Gasteiger charge is 2.50. The minimum Gasteiger partial charge on any atom is -0.457 e. The summed E-state index contributed by atoms with van der Waals surface area (Å²) in [5, 5.41) is 0. The molecule has 1 rings (SSSR count). The first-order chi connectivity index (χ1) is 5.60. The van der Waals surface area contributed by atoms with Gasteiger partial charge in [-0.3, -0.25) is 4.79 Å². The summed E-state index contributed by atoms with van der Waals surface area (Å²) in [6.07, 6.45) is 4.54. The van der Waals surface area contributed by atoms with Crippen molar-refractivity contribution < 1.29 is 9.53 Å². The van der Waals surface area contributed by atoms with Crippen LogP contribution in [0.15, 0.2) is 0 Å². The lowest BCUT2D eigenvalue weighted by Gasteiger charge is -2.42. The van der Waals surface area contributed by atoms with E-state index in [1.807, 2.05) is 6.92 Å². The Labute approximate surface area is 81.8 Å². The van der Waals surface area contributed by atoms with Gasteiger partial charge < -0.3 is 4.74 Å².